The topological polar surface area (TPSA) is 132 Å². The van der Waals surface area contributed by atoms with Crippen LogP contribution in [0.5, 0.6) is 17.2 Å². The average molecular weight is 403 g/mol. The molecule has 9 nitrogen and oxygen atoms in total. The molecule has 1 aromatic rings. The summed E-state index contributed by atoms with van der Waals surface area (Å²) in [6.45, 7) is 2.92. The largest absolute Gasteiger partial charge is 0.493 e. The zero-order valence-corrected chi connectivity index (χ0v) is 16.7. The number of nitrogens with zero attached hydrogens (tertiary/aromatic N) is 3. The van der Waals surface area contributed by atoms with Crippen molar-refractivity contribution >= 4 is 11.6 Å². The van der Waals surface area contributed by atoms with Crippen molar-refractivity contribution in [1.29, 1.82) is 0 Å². The molecule has 1 aromatic carbocycles. The van der Waals surface area contributed by atoms with Gasteiger partial charge in [-0.15, -0.1) is 0 Å². The van der Waals surface area contributed by atoms with E-state index >= 15 is 0 Å². The van der Waals surface area contributed by atoms with E-state index in [2.05, 4.69) is 15.3 Å². The van der Waals surface area contributed by atoms with Crippen molar-refractivity contribution in [2.75, 3.05) is 32.9 Å². The van der Waals surface area contributed by atoms with E-state index in [4.69, 9.17) is 25.5 Å². The van der Waals surface area contributed by atoms with Crippen molar-refractivity contribution in [3.63, 3.8) is 0 Å². The Morgan fingerprint density at radius 2 is 1.79 bits per heavy atom. The number of hydrogen-bond donors (Lipinski definition) is 2. The summed E-state index contributed by atoms with van der Waals surface area (Å²) in [7, 11) is 0. The third kappa shape index (κ3) is 5.25. The first-order valence-electron chi connectivity index (χ1n) is 10.4. The fourth-order valence-corrected chi connectivity index (χ4v) is 3.71. The van der Waals surface area contributed by atoms with Crippen LogP contribution in [0.3, 0.4) is 0 Å². The van der Waals surface area contributed by atoms with E-state index in [1.165, 1.54) is 0 Å². The van der Waals surface area contributed by atoms with Gasteiger partial charge >= 0.3 is 0 Å². The number of unbranched alkanes of at least 4 members (excludes halogenated alkanes) is 3. The summed E-state index contributed by atoms with van der Waals surface area (Å²) >= 11 is 0. The summed E-state index contributed by atoms with van der Waals surface area (Å²) in [5.74, 6) is 1.94. The Morgan fingerprint density at radius 1 is 1.10 bits per heavy atom. The highest BCUT2D eigenvalue weighted by Gasteiger charge is 2.32. The van der Waals surface area contributed by atoms with Crippen LogP contribution in [-0.4, -0.2) is 38.8 Å². The second-order valence-corrected chi connectivity index (χ2v) is 7.18. The lowest BCUT2D eigenvalue weighted by Crippen LogP contribution is -2.24. The minimum Gasteiger partial charge on any atom is -0.493 e. The Balaban J connectivity index is 1.49. The molecule has 0 bridgehead atoms. The van der Waals surface area contributed by atoms with E-state index in [1.54, 1.807) is 0 Å². The van der Waals surface area contributed by atoms with Gasteiger partial charge in [0, 0.05) is 41.8 Å². The molecule has 9 heteroatoms. The van der Waals surface area contributed by atoms with Crippen LogP contribution in [0.1, 0.15) is 49.7 Å². The van der Waals surface area contributed by atoms with Crippen molar-refractivity contribution in [3.8, 4) is 17.2 Å². The summed E-state index contributed by atoms with van der Waals surface area (Å²) in [5.41, 5.74) is 16.6. The van der Waals surface area contributed by atoms with Crippen LogP contribution in [0.15, 0.2) is 5.11 Å². The van der Waals surface area contributed by atoms with Crippen molar-refractivity contribution < 1.29 is 19.0 Å². The molecule has 0 fully saturated rings. The molecule has 29 heavy (non-hydrogen) atoms. The number of nitrogens with two attached hydrogens (primary N) is 1. The van der Waals surface area contributed by atoms with Gasteiger partial charge < -0.3 is 25.3 Å². The molecule has 0 radical (unpaired) electrons. The Hall–Kier alpha value is -2.64. The standard InChI is InChI=1S/C20H29N5O4/c21-9-3-1-2-4-10-23-16(26)6-5-11-27-18-14-7-12-28-19(14)17(24-25-22)20-15(18)8-13-29-20/h1-13,21H2,(H,23,26). The lowest BCUT2D eigenvalue weighted by atomic mass is 10.0. The minimum absolute atomic E-state index is 0.0493. The predicted octanol–water partition coefficient (Wildman–Crippen LogP) is 3.29. The van der Waals surface area contributed by atoms with Crippen LogP contribution in [0, 0.1) is 0 Å². The van der Waals surface area contributed by atoms with Gasteiger partial charge in [0.1, 0.15) is 22.9 Å². The number of benzene rings is 1. The zero-order chi connectivity index (χ0) is 20.5. The summed E-state index contributed by atoms with van der Waals surface area (Å²) in [4.78, 5) is 14.9. The second kappa shape index (κ2) is 10.8. The molecule has 0 saturated carbocycles. The number of amides is 1. The lowest BCUT2D eigenvalue weighted by molar-refractivity contribution is -0.121. The Labute approximate surface area is 170 Å². The average Bonchev–Trinajstić information content (AvgIpc) is 3.39. The molecule has 0 unspecified atom stereocenters. The molecule has 0 aliphatic carbocycles. The third-order valence-electron chi connectivity index (χ3n) is 5.12. The number of azide groups is 1. The summed E-state index contributed by atoms with van der Waals surface area (Å²) in [6, 6.07) is 0. The Morgan fingerprint density at radius 3 is 2.45 bits per heavy atom. The van der Waals surface area contributed by atoms with E-state index < -0.39 is 0 Å². The first kappa shape index (κ1) is 21.1. The molecule has 3 N–H and O–H groups in total. The maximum atomic E-state index is 12.0. The van der Waals surface area contributed by atoms with Crippen molar-refractivity contribution in [1.82, 2.24) is 5.32 Å². The number of ether oxygens (including phenoxy) is 3. The number of fused-ring (bicyclic) bond motifs is 2. The number of carbonyl (C=O) groups excluding carboxylic acids is 1. The molecule has 2 aliphatic heterocycles. The van der Waals surface area contributed by atoms with Crippen molar-refractivity contribution in [3.05, 3.63) is 21.6 Å². The molecule has 2 heterocycles. The van der Waals surface area contributed by atoms with Gasteiger partial charge in [-0.2, -0.15) is 0 Å². The van der Waals surface area contributed by atoms with Crippen molar-refractivity contribution in [2.45, 2.75) is 51.4 Å². The van der Waals surface area contributed by atoms with E-state index in [1.807, 2.05) is 0 Å². The monoisotopic (exact) mass is 403 g/mol. The molecule has 0 saturated heterocycles. The summed E-state index contributed by atoms with van der Waals surface area (Å²) in [6.07, 6.45) is 6.69. The molecule has 3 rings (SSSR count). The van der Waals surface area contributed by atoms with E-state index in [0.29, 0.717) is 69.2 Å². The smallest absolute Gasteiger partial charge is 0.220 e. The van der Waals surface area contributed by atoms with Gasteiger partial charge in [-0.25, -0.2) is 0 Å². The first-order valence-corrected chi connectivity index (χ1v) is 10.4. The highest BCUT2D eigenvalue weighted by molar-refractivity contribution is 5.76. The molecular weight excluding hydrogens is 374 g/mol. The maximum absolute atomic E-state index is 12.0. The first-order chi connectivity index (χ1) is 14.3. The SMILES string of the molecule is [N-]=[N+]=Nc1c2c(c(OCCCC(=O)NCCCCCCN)c3c1OCC3)CCO2. The molecule has 158 valence electrons. The number of carbonyl (C=O) groups is 1. The fourth-order valence-electron chi connectivity index (χ4n) is 3.71. The predicted molar refractivity (Wildman–Crippen MR) is 109 cm³/mol. The molecule has 2 aliphatic rings. The van der Waals surface area contributed by atoms with E-state index in [-0.39, 0.29) is 5.91 Å². The number of hydrogen-bond acceptors (Lipinski definition) is 6. The quantitative estimate of drug-likeness (QED) is 0.239. The second-order valence-electron chi connectivity index (χ2n) is 7.18. The van der Waals surface area contributed by atoms with Crippen LogP contribution < -0.4 is 25.3 Å². The Bertz CT molecular complexity index is 742. The maximum Gasteiger partial charge on any atom is 0.220 e. The highest BCUT2D eigenvalue weighted by atomic mass is 16.5. The van der Waals surface area contributed by atoms with Crippen molar-refractivity contribution in [2.24, 2.45) is 10.8 Å². The molecule has 0 spiro atoms. The van der Waals surface area contributed by atoms with Crippen LogP contribution in [0.25, 0.3) is 10.4 Å². The van der Waals surface area contributed by atoms with Crippen LogP contribution in [-0.2, 0) is 17.6 Å². The normalized spacial score (nSPS) is 13.7. The third-order valence-corrected chi connectivity index (χ3v) is 5.12. The fraction of sp³-hybridized carbons (Fsp3) is 0.650. The van der Waals surface area contributed by atoms with E-state index in [0.717, 1.165) is 49.1 Å². The molecule has 0 aromatic heterocycles. The molecule has 0 atom stereocenters. The van der Waals surface area contributed by atoms with Gasteiger partial charge in [0.15, 0.2) is 0 Å². The number of rotatable bonds is 12. The number of nitrogens with one attached hydrogen (secondary N) is 1. The minimum atomic E-state index is 0.0493. The lowest BCUT2D eigenvalue weighted by Gasteiger charge is -2.16. The van der Waals surface area contributed by atoms with Gasteiger partial charge in [-0.05, 0) is 31.3 Å². The van der Waals surface area contributed by atoms with Crippen LogP contribution >= 0.6 is 0 Å². The molecular formula is C20H29N5O4. The van der Waals surface area contributed by atoms with E-state index in [9.17, 15) is 4.79 Å². The molecule has 1 amide bonds. The van der Waals surface area contributed by atoms with Gasteiger partial charge in [0.2, 0.25) is 5.91 Å². The Kier molecular flexibility index (Phi) is 7.84. The van der Waals surface area contributed by atoms with Gasteiger partial charge in [0.25, 0.3) is 0 Å². The zero-order valence-electron chi connectivity index (χ0n) is 16.7. The van der Waals surface area contributed by atoms with Crippen LogP contribution in [0.2, 0.25) is 0 Å². The van der Waals surface area contributed by atoms with Gasteiger partial charge in [-0.3, -0.25) is 4.79 Å². The summed E-state index contributed by atoms with van der Waals surface area (Å²) < 4.78 is 17.4. The van der Waals surface area contributed by atoms with Gasteiger partial charge in [0.05, 0.1) is 19.8 Å². The highest BCUT2D eigenvalue weighted by Crippen LogP contribution is 2.53. The summed E-state index contributed by atoms with van der Waals surface area (Å²) in [5, 5.41) is 6.73. The van der Waals surface area contributed by atoms with Gasteiger partial charge in [-0.1, -0.05) is 18.0 Å². The van der Waals surface area contributed by atoms with Crippen LogP contribution in [0.4, 0.5) is 5.69 Å².